The average molecular weight is 232 g/mol. The Labute approximate surface area is 94.8 Å². The van der Waals surface area contributed by atoms with Crippen molar-refractivity contribution in [2.75, 3.05) is 26.2 Å². The van der Waals surface area contributed by atoms with Crippen LogP contribution in [-0.4, -0.2) is 36.7 Å². The summed E-state index contributed by atoms with van der Waals surface area (Å²) in [5, 5.41) is 8.67. The first kappa shape index (κ1) is 11.1. The van der Waals surface area contributed by atoms with E-state index in [1.807, 2.05) is 0 Å². The summed E-state index contributed by atoms with van der Waals surface area (Å²) in [7, 11) is 4.31. The highest BCUT2D eigenvalue weighted by atomic mass is 33.1. The summed E-state index contributed by atoms with van der Waals surface area (Å²) in [6, 6.07) is 0. The minimum atomic E-state index is 0.913. The fourth-order valence-electron chi connectivity index (χ4n) is 1.94. The third-order valence-corrected chi connectivity index (χ3v) is 6.46. The molecule has 2 rings (SSSR count). The first-order valence-electron chi connectivity index (χ1n) is 5.69. The first-order chi connectivity index (χ1) is 6.95. The second kappa shape index (κ2) is 6.26. The summed E-state index contributed by atoms with van der Waals surface area (Å²) >= 11 is 0. The van der Waals surface area contributed by atoms with Crippen molar-refractivity contribution < 1.29 is 0 Å². The molecule has 2 heterocycles. The molecule has 4 heteroatoms. The number of piperidine rings is 2. The van der Waals surface area contributed by atoms with Crippen molar-refractivity contribution in [2.45, 2.75) is 36.2 Å². The van der Waals surface area contributed by atoms with Gasteiger partial charge in [0, 0.05) is 10.5 Å². The smallest absolute Gasteiger partial charge is 0.0175 e. The van der Waals surface area contributed by atoms with Crippen LogP contribution in [0.5, 0.6) is 0 Å². The Morgan fingerprint density at radius 2 is 1.00 bits per heavy atom. The van der Waals surface area contributed by atoms with Crippen LogP contribution in [0.25, 0.3) is 0 Å². The normalized spacial score (nSPS) is 26.6. The van der Waals surface area contributed by atoms with E-state index in [0.717, 1.165) is 10.5 Å². The van der Waals surface area contributed by atoms with Crippen LogP contribution < -0.4 is 10.6 Å². The van der Waals surface area contributed by atoms with Crippen molar-refractivity contribution in [3.05, 3.63) is 0 Å². The van der Waals surface area contributed by atoms with Crippen molar-refractivity contribution in [1.82, 2.24) is 10.6 Å². The molecule has 2 N–H and O–H groups in total. The zero-order valence-corrected chi connectivity index (χ0v) is 10.3. The fourth-order valence-corrected chi connectivity index (χ4v) is 5.21. The Morgan fingerprint density at radius 3 is 1.36 bits per heavy atom. The molecule has 0 spiro atoms. The molecule has 0 saturated carbocycles. The minimum Gasteiger partial charge on any atom is -0.317 e. The number of hydrogen-bond acceptors (Lipinski definition) is 4. The molecule has 82 valence electrons. The lowest BCUT2D eigenvalue weighted by molar-refractivity contribution is 0.530. The van der Waals surface area contributed by atoms with Crippen molar-refractivity contribution in [2.24, 2.45) is 0 Å². The van der Waals surface area contributed by atoms with Crippen LogP contribution in [-0.2, 0) is 0 Å². The van der Waals surface area contributed by atoms with Crippen LogP contribution >= 0.6 is 21.6 Å². The number of nitrogens with one attached hydrogen (secondary N) is 2. The first-order valence-corrected chi connectivity index (χ1v) is 7.96. The molecule has 14 heavy (non-hydrogen) atoms. The second-order valence-electron chi connectivity index (χ2n) is 4.09. The lowest BCUT2D eigenvalue weighted by atomic mass is 10.2. The molecule has 0 aromatic heterocycles. The van der Waals surface area contributed by atoms with Crippen molar-refractivity contribution in [3.63, 3.8) is 0 Å². The standard InChI is InChI=1S/C10H20N2S2/c1-5-11-6-2-9(1)13-14-10-3-7-12-8-4-10/h9-12H,1-8H2. The second-order valence-corrected chi connectivity index (χ2v) is 6.96. The largest absolute Gasteiger partial charge is 0.317 e. The van der Waals surface area contributed by atoms with Gasteiger partial charge in [-0.1, -0.05) is 21.6 Å². The van der Waals surface area contributed by atoms with Gasteiger partial charge in [0.1, 0.15) is 0 Å². The van der Waals surface area contributed by atoms with Gasteiger partial charge in [0.2, 0.25) is 0 Å². The van der Waals surface area contributed by atoms with E-state index < -0.39 is 0 Å². The zero-order valence-electron chi connectivity index (χ0n) is 8.63. The summed E-state index contributed by atoms with van der Waals surface area (Å²) in [6.45, 7) is 4.91. The van der Waals surface area contributed by atoms with E-state index in [4.69, 9.17) is 0 Å². The average Bonchev–Trinajstić information content (AvgIpc) is 2.29. The molecule has 0 amide bonds. The van der Waals surface area contributed by atoms with Crippen LogP contribution in [0.4, 0.5) is 0 Å². The highest BCUT2D eigenvalue weighted by Crippen LogP contribution is 2.37. The van der Waals surface area contributed by atoms with Gasteiger partial charge in [0.05, 0.1) is 0 Å². The van der Waals surface area contributed by atoms with Crippen LogP contribution in [0.3, 0.4) is 0 Å². The van der Waals surface area contributed by atoms with E-state index in [0.29, 0.717) is 0 Å². The Bertz CT molecular complexity index is 136. The molecule has 0 radical (unpaired) electrons. The molecule has 2 aliphatic rings. The van der Waals surface area contributed by atoms with Gasteiger partial charge in [0.15, 0.2) is 0 Å². The van der Waals surface area contributed by atoms with Crippen LogP contribution in [0.15, 0.2) is 0 Å². The monoisotopic (exact) mass is 232 g/mol. The predicted octanol–water partition coefficient (Wildman–Crippen LogP) is 1.87. The maximum atomic E-state index is 3.42. The highest BCUT2D eigenvalue weighted by Gasteiger charge is 2.18. The van der Waals surface area contributed by atoms with Crippen molar-refractivity contribution in [3.8, 4) is 0 Å². The lowest BCUT2D eigenvalue weighted by Gasteiger charge is -2.26. The van der Waals surface area contributed by atoms with E-state index in [-0.39, 0.29) is 0 Å². The molecule has 0 unspecified atom stereocenters. The summed E-state index contributed by atoms with van der Waals surface area (Å²) in [5.74, 6) is 0. The molecule has 0 aliphatic carbocycles. The van der Waals surface area contributed by atoms with Crippen molar-refractivity contribution in [1.29, 1.82) is 0 Å². The molecule has 2 saturated heterocycles. The third-order valence-electron chi connectivity index (χ3n) is 2.90. The third kappa shape index (κ3) is 3.65. The zero-order chi connectivity index (χ0) is 9.64. The Balaban J connectivity index is 1.60. The van der Waals surface area contributed by atoms with Gasteiger partial charge in [-0.05, 0) is 51.9 Å². The molecule has 2 nitrogen and oxygen atoms in total. The van der Waals surface area contributed by atoms with Crippen LogP contribution in [0.2, 0.25) is 0 Å². The van der Waals surface area contributed by atoms with Crippen molar-refractivity contribution >= 4 is 21.6 Å². The highest BCUT2D eigenvalue weighted by molar-refractivity contribution is 8.77. The van der Waals surface area contributed by atoms with E-state index in [9.17, 15) is 0 Å². The summed E-state index contributed by atoms with van der Waals surface area (Å²) < 4.78 is 0. The molecular weight excluding hydrogens is 212 g/mol. The fraction of sp³-hybridized carbons (Fsp3) is 1.00. The molecule has 0 aromatic rings. The Hall–Kier alpha value is 0.620. The van der Waals surface area contributed by atoms with Gasteiger partial charge in [0.25, 0.3) is 0 Å². The maximum absolute atomic E-state index is 3.42. The molecule has 2 fully saturated rings. The van der Waals surface area contributed by atoms with Crippen LogP contribution in [0.1, 0.15) is 25.7 Å². The molecular formula is C10H20N2S2. The van der Waals surface area contributed by atoms with Gasteiger partial charge in [-0.25, -0.2) is 0 Å². The number of hydrogen-bond donors (Lipinski definition) is 2. The SMILES string of the molecule is C1CC(SSC2CCNCC2)CCN1. The predicted molar refractivity (Wildman–Crippen MR) is 67.0 cm³/mol. The molecule has 0 bridgehead atoms. The van der Waals surface area contributed by atoms with E-state index in [1.165, 1.54) is 51.9 Å². The number of rotatable bonds is 3. The Morgan fingerprint density at radius 1 is 0.643 bits per heavy atom. The Kier molecular flexibility index (Phi) is 4.97. The maximum Gasteiger partial charge on any atom is 0.0175 e. The molecule has 0 atom stereocenters. The summed E-state index contributed by atoms with van der Waals surface area (Å²) in [6.07, 6.45) is 5.45. The van der Waals surface area contributed by atoms with E-state index in [2.05, 4.69) is 32.2 Å². The van der Waals surface area contributed by atoms with E-state index >= 15 is 0 Å². The quantitative estimate of drug-likeness (QED) is 0.726. The minimum absolute atomic E-state index is 0.913. The van der Waals surface area contributed by atoms with Gasteiger partial charge in [-0.2, -0.15) is 0 Å². The molecule has 2 aliphatic heterocycles. The van der Waals surface area contributed by atoms with Gasteiger partial charge in [-0.3, -0.25) is 0 Å². The van der Waals surface area contributed by atoms with E-state index in [1.54, 1.807) is 0 Å². The van der Waals surface area contributed by atoms with Gasteiger partial charge < -0.3 is 10.6 Å². The summed E-state index contributed by atoms with van der Waals surface area (Å²) in [5.41, 5.74) is 0. The lowest BCUT2D eigenvalue weighted by Crippen LogP contribution is -2.30. The molecule has 0 aromatic carbocycles. The van der Waals surface area contributed by atoms with Crippen LogP contribution in [0, 0.1) is 0 Å². The topological polar surface area (TPSA) is 24.1 Å². The van der Waals surface area contributed by atoms with Gasteiger partial charge >= 0.3 is 0 Å². The summed E-state index contributed by atoms with van der Waals surface area (Å²) in [4.78, 5) is 0. The van der Waals surface area contributed by atoms with Gasteiger partial charge in [-0.15, -0.1) is 0 Å².